The Morgan fingerprint density at radius 1 is 0.778 bits per heavy atom. The molecule has 1 amide bonds. The van der Waals surface area contributed by atoms with Gasteiger partial charge in [-0.25, -0.2) is 0 Å². The molecule has 1 N–H and O–H groups in total. The van der Waals surface area contributed by atoms with Gasteiger partial charge in [-0.15, -0.1) is 0 Å². The maximum absolute atomic E-state index is 11.9. The van der Waals surface area contributed by atoms with Gasteiger partial charge >= 0.3 is 23.9 Å². The average Bonchev–Trinajstić information content (AvgIpc) is 2.79. The summed E-state index contributed by atoms with van der Waals surface area (Å²) < 4.78 is 42.5. The van der Waals surface area contributed by atoms with Crippen molar-refractivity contribution in [3.05, 3.63) is 0 Å². The van der Waals surface area contributed by atoms with Crippen molar-refractivity contribution < 1.29 is 61.9 Å². The highest BCUT2D eigenvalue weighted by molar-refractivity contribution is 5.73. The number of esters is 4. The second-order valence-electron chi connectivity index (χ2n) is 7.64. The molecular formula is C22H35NO13. The van der Waals surface area contributed by atoms with Crippen LogP contribution in [0.2, 0.25) is 0 Å². The Bertz CT molecular complexity index is 743. The fourth-order valence-electron chi connectivity index (χ4n) is 3.24. The summed E-state index contributed by atoms with van der Waals surface area (Å²) in [7, 11) is 1.29. The van der Waals surface area contributed by atoms with Crippen LogP contribution in [0.15, 0.2) is 0 Å². The smallest absolute Gasteiger partial charge is 0.307 e. The van der Waals surface area contributed by atoms with Gasteiger partial charge in [0.1, 0.15) is 18.8 Å². The highest BCUT2D eigenvalue weighted by atomic mass is 16.7. The normalized spacial score (nSPS) is 23.3. The predicted octanol–water partition coefficient (Wildman–Crippen LogP) is -0.745. The fraction of sp³-hybridized carbons (Fsp3) is 0.773. The van der Waals surface area contributed by atoms with Gasteiger partial charge in [0.25, 0.3) is 0 Å². The second kappa shape index (κ2) is 16.8. The largest absolute Gasteiger partial charge is 0.469 e. The molecule has 0 aromatic heterocycles. The zero-order chi connectivity index (χ0) is 27.1. The van der Waals surface area contributed by atoms with Crippen molar-refractivity contribution in [2.24, 2.45) is 0 Å². The van der Waals surface area contributed by atoms with Crippen LogP contribution in [0.1, 0.15) is 34.1 Å². The van der Waals surface area contributed by atoms with Gasteiger partial charge in [-0.3, -0.25) is 24.0 Å². The second-order valence-corrected chi connectivity index (χ2v) is 7.64. The van der Waals surface area contributed by atoms with Gasteiger partial charge in [-0.1, -0.05) is 0 Å². The molecule has 1 fully saturated rings. The van der Waals surface area contributed by atoms with E-state index in [1.807, 2.05) is 0 Å². The van der Waals surface area contributed by atoms with E-state index in [4.69, 9.17) is 33.2 Å². The van der Waals surface area contributed by atoms with E-state index in [1.54, 1.807) is 0 Å². The first-order chi connectivity index (χ1) is 17.0. The Kier molecular flexibility index (Phi) is 14.6. The van der Waals surface area contributed by atoms with E-state index in [0.29, 0.717) is 0 Å². The highest BCUT2D eigenvalue weighted by Crippen LogP contribution is 2.28. The van der Waals surface area contributed by atoms with Gasteiger partial charge in [0, 0.05) is 27.7 Å². The van der Waals surface area contributed by atoms with Crippen molar-refractivity contribution in [2.75, 3.05) is 46.8 Å². The van der Waals surface area contributed by atoms with Crippen molar-refractivity contribution >= 4 is 29.8 Å². The Morgan fingerprint density at radius 3 is 1.92 bits per heavy atom. The van der Waals surface area contributed by atoms with Crippen LogP contribution in [0.3, 0.4) is 0 Å². The molecule has 5 atom stereocenters. The topological polar surface area (TPSA) is 171 Å². The van der Waals surface area contributed by atoms with Crippen LogP contribution in [-0.2, 0) is 61.9 Å². The third-order valence-corrected chi connectivity index (χ3v) is 4.63. The summed E-state index contributed by atoms with van der Waals surface area (Å²) in [6, 6.07) is -1.05. The number of hydrogen-bond donors (Lipinski definition) is 1. The summed E-state index contributed by atoms with van der Waals surface area (Å²) in [5, 5.41) is 2.60. The first-order valence-electron chi connectivity index (χ1n) is 11.3. The molecule has 0 spiro atoms. The molecule has 14 heteroatoms. The first kappa shape index (κ1) is 31.2. The van der Waals surface area contributed by atoms with Crippen molar-refractivity contribution in [1.29, 1.82) is 0 Å². The van der Waals surface area contributed by atoms with E-state index in [-0.39, 0.29) is 52.0 Å². The molecule has 0 radical (unpaired) electrons. The van der Waals surface area contributed by atoms with Crippen LogP contribution in [0.4, 0.5) is 0 Å². The summed E-state index contributed by atoms with van der Waals surface area (Å²) in [5.74, 6) is -2.85. The van der Waals surface area contributed by atoms with E-state index < -0.39 is 54.5 Å². The number of nitrogens with one attached hydrogen (secondary N) is 1. The molecule has 1 saturated heterocycles. The van der Waals surface area contributed by atoms with E-state index in [2.05, 4.69) is 10.1 Å². The maximum atomic E-state index is 11.9. The van der Waals surface area contributed by atoms with Gasteiger partial charge in [-0.05, 0) is 0 Å². The number of amides is 1. The molecule has 1 heterocycles. The van der Waals surface area contributed by atoms with Crippen molar-refractivity contribution in [3.8, 4) is 0 Å². The van der Waals surface area contributed by atoms with Crippen LogP contribution in [0.5, 0.6) is 0 Å². The third-order valence-electron chi connectivity index (χ3n) is 4.63. The minimum atomic E-state index is -1.20. The Labute approximate surface area is 209 Å². The van der Waals surface area contributed by atoms with Gasteiger partial charge < -0.3 is 43.2 Å². The molecule has 1 aliphatic heterocycles. The third kappa shape index (κ3) is 12.2. The van der Waals surface area contributed by atoms with E-state index >= 15 is 0 Å². The molecular weight excluding hydrogens is 486 g/mol. The molecule has 0 aliphatic carbocycles. The Balaban J connectivity index is 2.80. The van der Waals surface area contributed by atoms with E-state index in [0.717, 1.165) is 13.8 Å². The Hall–Kier alpha value is -2.81. The maximum Gasteiger partial charge on any atom is 0.307 e. The number of hydrogen-bond acceptors (Lipinski definition) is 13. The zero-order valence-electron chi connectivity index (χ0n) is 21.1. The quantitative estimate of drug-likeness (QED) is 0.162. The standard InChI is InChI=1S/C22H35NO13/c1-13(24)23-19-21(35-16(4)27)20(34-15(3)26)17(12-33-14(2)25)36-22(19)32-11-10-31-9-8-30-7-6-18(28)29-5/h17,19-22H,6-12H2,1-5H3,(H,23,24)/t17?,19?,20-,21?,22?/m0/s1. The number of carbonyl (C=O) groups is 5. The van der Waals surface area contributed by atoms with Crippen LogP contribution >= 0.6 is 0 Å². The lowest BCUT2D eigenvalue weighted by Crippen LogP contribution is -2.66. The lowest BCUT2D eigenvalue weighted by atomic mass is 9.96. The summed E-state index contributed by atoms with van der Waals surface area (Å²) in [5.41, 5.74) is 0. The van der Waals surface area contributed by atoms with E-state index in [1.165, 1.54) is 21.0 Å². The van der Waals surface area contributed by atoms with Crippen molar-refractivity contribution in [1.82, 2.24) is 5.32 Å². The minimum absolute atomic E-state index is 0.00816. The monoisotopic (exact) mass is 521 g/mol. The lowest BCUT2D eigenvalue weighted by Gasteiger charge is -2.44. The predicted molar refractivity (Wildman–Crippen MR) is 118 cm³/mol. The van der Waals surface area contributed by atoms with Gasteiger partial charge in [0.05, 0.1) is 46.6 Å². The zero-order valence-corrected chi connectivity index (χ0v) is 21.1. The molecule has 1 rings (SSSR count). The van der Waals surface area contributed by atoms with Gasteiger partial charge in [-0.2, -0.15) is 0 Å². The van der Waals surface area contributed by atoms with Crippen LogP contribution < -0.4 is 5.32 Å². The summed E-state index contributed by atoms with van der Waals surface area (Å²) >= 11 is 0. The van der Waals surface area contributed by atoms with Gasteiger partial charge in [0.15, 0.2) is 18.5 Å². The molecule has 14 nitrogen and oxygen atoms in total. The molecule has 0 saturated carbocycles. The van der Waals surface area contributed by atoms with Crippen LogP contribution in [-0.4, -0.2) is 107 Å². The Morgan fingerprint density at radius 2 is 1.36 bits per heavy atom. The molecule has 0 aromatic rings. The molecule has 206 valence electrons. The highest BCUT2D eigenvalue weighted by Gasteiger charge is 2.51. The van der Waals surface area contributed by atoms with Crippen LogP contribution in [0.25, 0.3) is 0 Å². The first-order valence-corrected chi connectivity index (χ1v) is 11.3. The fourth-order valence-corrected chi connectivity index (χ4v) is 3.24. The lowest BCUT2D eigenvalue weighted by molar-refractivity contribution is -0.279. The van der Waals surface area contributed by atoms with Crippen LogP contribution in [0, 0.1) is 0 Å². The molecule has 36 heavy (non-hydrogen) atoms. The number of rotatable bonds is 15. The van der Waals surface area contributed by atoms with E-state index in [9.17, 15) is 24.0 Å². The number of ether oxygens (including phenoxy) is 8. The SMILES string of the molecule is COC(=O)CCOCCOCCOC1OC(COC(C)=O)[C@H](OC(C)=O)C(OC(C)=O)C1NC(C)=O. The molecule has 1 aliphatic rings. The molecule has 0 bridgehead atoms. The summed E-state index contributed by atoms with van der Waals surface area (Å²) in [6.07, 6.45) is -4.47. The molecule has 4 unspecified atom stereocenters. The van der Waals surface area contributed by atoms with Crippen molar-refractivity contribution in [3.63, 3.8) is 0 Å². The average molecular weight is 522 g/mol. The minimum Gasteiger partial charge on any atom is -0.469 e. The number of carbonyl (C=O) groups excluding carboxylic acids is 5. The van der Waals surface area contributed by atoms with Gasteiger partial charge in [0.2, 0.25) is 5.91 Å². The summed E-state index contributed by atoms with van der Waals surface area (Å²) in [4.78, 5) is 57.8. The number of methoxy groups -OCH3 is 1. The summed E-state index contributed by atoms with van der Waals surface area (Å²) in [6.45, 7) is 5.22. The molecule has 0 aromatic carbocycles. The van der Waals surface area contributed by atoms with Crippen molar-refractivity contribution in [2.45, 2.75) is 64.8 Å².